The van der Waals surface area contributed by atoms with Crippen LogP contribution in [0.3, 0.4) is 0 Å². The molecule has 0 unspecified atom stereocenters. The molecule has 0 amide bonds. The van der Waals surface area contributed by atoms with Crippen LogP contribution in [0, 0.1) is 5.82 Å². The molecule has 0 aliphatic heterocycles. The smallest absolute Gasteiger partial charge is 0.123 e. The van der Waals surface area contributed by atoms with Gasteiger partial charge < -0.3 is 4.98 Å². The molecule has 1 aromatic carbocycles. The summed E-state index contributed by atoms with van der Waals surface area (Å²) in [5.74, 6) is -0.286. The molecule has 32 heavy (non-hydrogen) atoms. The van der Waals surface area contributed by atoms with Gasteiger partial charge in [-0.15, -0.1) is 0 Å². The normalized spacial score (nSPS) is 12.6. The Hall–Kier alpha value is -4.39. The lowest BCUT2D eigenvalue weighted by Gasteiger charge is -2.02. The van der Waals surface area contributed by atoms with Crippen LogP contribution in [-0.4, -0.2) is 30.1 Å². The maximum Gasteiger partial charge on any atom is 0.123 e. The second-order valence-electron chi connectivity index (χ2n) is 7.33. The van der Waals surface area contributed by atoms with Gasteiger partial charge in [-0.05, 0) is 42.3 Å². The Kier molecular flexibility index (Phi) is 4.91. The summed E-state index contributed by atoms with van der Waals surface area (Å²) in [5, 5.41) is 10.3. The van der Waals surface area contributed by atoms with Crippen LogP contribution in [0.15, 0.2) is 68.0 Å². The van der Waals surface area contributed by atoms with Gasteiger partial charge in [0.1, 0.15) is 17.8 Å². The van der Waals surface area contributed by atoms with Gasteiger partial charge in [-0.25, -0.2) is 14.4 Å². The molecule has 0 atom stereocenters. The highest BCUT2D eigenvalue weighted by atomic mass is 19.1. The summed E-state index contributed by atoms with van der Waals surface area (Å²) in [4.78, 5) is 15.9. The molecule has 156 valence electrons. The van der Waals surface area contributed by atoms with Crippen LogP contribution >= 0.6 is 0 Å². The zero-order chi connectivity index (χ0) is 22.1. The molecule has 0 spiro atoms. The fraction of sp³-hybridized carbons (Fsp3) is 0.0400. The van der Waals surface area contributed by atoms with Crippen molar-refractivity contribution in [1.29, 1.82) is 0 Å². The SMILES string of the molecule is C=C(/C=c1/c(-c2cc3c(-c4cccc(F)c4)cncc3[nH]2)n[nH]/c1=C/C)c1cncnc1. The van der Waals surface area contributed by atoms with E-state index in [2.05, 4.69) is 36.7 Å². The molecule has 0 radical (unpaired) electrons. The average molecular weight is 422 g/mol. The molecule has 4 heterocycles. The Morgan fingerprint density at radius 2 is 1.91 bits per heavy atom. The van der Waals surface area contributed by atoms with Crippen LogP contribution in [0.2, 0.25) is 0 Å². The van der Waals surface area contributed by atoms with E-state index >= 15 is 0 Å². The van der Waals surface area contributed by atoms with Crippen molar-refractivity contribution in [2.75, 3.05) is 0 Å². The fourth-order valence-corrected chi connectivity index (χ4v) is 3.72. The second kappa shape index (κ2) is 8.03. The van der Waals surface area contributed by atoms with Crippen molar-refractivity contribution >= 4 is 28.6 Å². The van der Waals surface area contributed by atoms with E-state index in [9.17, 15) is 4.39 Å². The molecule has 6 nitrogen and oxygen atoms in total. The summed E-state index contributed by atoms with van der Waals surface area (Å²) in [7, 11) is 0. The molecule has 7 heteroatoms. The molecule has 0 aliphatic rings. The van der Waals surface area contributed by atoms with E-state index in [1.165, 1.54) is 18.5 Å². The number of pyridine rings is 1. The molecular formula is C25H19FN6. The number of fused-ring (bicyclic) bond motifs is 1. The first-order chi connectivity index (χ1) is 15.6. The minimum atomic E-state index is -0.286. The van der Waals surface area contributed by atoms with E-state index in [1.54, 1.807) is 30.9 Å². The zero-order valence-electron chi connectivity index (χ0n) is 17.3. The van der Waals surface area contributed by atoms with Crippen LogP contribution in [0.25, 0.3) is 51.1 Å². The van der Waals surface area contributed by atoms with Crippen LogP contribution < -0.4 is 10.6 Å². The Morgan fingerprint density at radius 3 is 2.69 bits per heavy atom. The highest BCUT2D eigenvalue weighted by Crippen LogP contribution is 2.30. The second-order valence-corrected chi connectivity index (χ2v) is 7.33. The largest absolute Gasteiger partial charge is 0.352 e. The number of aromatic nitrogens is 6. The minimum Gasteiger partial charge on any atom is -0.352 e. The van der Waals surface area contributed by atoms with Crippen molar-refractivity contribution in [3.8, 4) is 22.5 Å². The van der Waals surface area contributed by atoms with E-state index < -0.39 is 0 Å². The van der Waals surface area contributed by atoms with Crippen molar-refractivity contribution in [3.05, 3.63) is 90.0 Å². The van der Waals surface area contributed by atoms with E-state index in [1.807, 2.05) is 31.2 Å². The summed E-state index contributed by atoms with van der Waals surface area (Å²) < 4.78 is 13.8. The van der Waals surface area contributed by atoms with E-state index in [4.69, 9.17) is 0 Å². The maximum atomic E-state index is 13.8. The van der Waals surface area contributed by atoms with E-state index in [0.29, 0.717) is 0 Å². The van der Waals surface area contributed by atoms with Gasteiger partial charge in [0.05, 0.1) is 22.8 Å². The predicted molar refractivity (Wildman–Crippen MR) is 124 cm³/mol. The molecule has 0 bridgehead atoms. The van der Waals surface area contributed by atoms with Gasteiger partial charge in [0.15, 0.2) is 0 Å². The van der Waals surface area contributed by atoms with Crippen LogP contribution in [0.1, 0.15) is 12.5 Å². The van der Waals surface area contributed by atoms with E-state index in [0.717, 1.165) is 55.1 Å². The summed E-state index contributed by atoms with van der Waals surface area (Å²) in [5.41, 5.74) is 5.62. The molecule has 0 saturated carbocycles. The van der Waals surface area contributed by atoms with Gasteiger partial charge in [-0.2, -0.15) is 5.10 Å². The Bertz CT molecular complexity index is 1560. The van der Waals surface area contributed by atoms with Gasteiger partial charge in [-0.1, -0.05) is 24.8 Å². The number of H-pyrrole nitrogens is 2. The minimum absolute atomic E-state index is 0.286. The summed E-state index contributed by atoms with van der Waals surface area (Å²) in [6, 6.07) is 8.51. The molecule has 0 aliphatic carbocycles. The number of allylic oxidation sites excluding steroid dienone is 1. The zero-order valence-corrected chi connectivity index (χ0v) is 17.3. The monoisotopic (exact) mass is 422 g/mol. The fourth-order valence-electron chi connectivity index (χ4n) is 3.72. The Morgan fingerprint density at radius 1 is 1.06 bits per heavy atom. The molecule has 5 rings (SSSR count). The first-order valence-electron chi connectivity index (χ1n) is 10.0. The summed E-state index contributed by atoms with van der Waals surface area (Å²) in [6.45, 7) is 6.11. The first kappa shape index (κ1) is 19.6. The molecule has 2 N–H and O–H groups in total. The highest BCUT2D eigenvalue weighted by Gasteiger charge is 2.13. The standard InChI is InChI=1S/C25H19FN6/c1-3-22-20(7-15(2)17-10-28-14-29-11-17)25(32-31-22)23-9-19-21(12-27-13-24(19)30-23)16-5-4-6-18(26)8-16/h3-14,30-31H,2H2,1H3/b20-7+,22-3+. The predicted octanol–water partition coefficient (Wildman–Crippen LogP) is 3.84. The molecule has 0 fully saturated rings. The lowest BCUT2D eigenvalue weighted by molar-refractivity contribution is 0.628. The number of benzene rings is 1. The summed E-state index contributed by atoms with van der Waals surface area (Å²) in [6.07, 6.45) is 12.4. The van der Waals surface area contributed by atoms with Gasteiger partial charge in [-0.3, -0.25) is 10.1 Å². The van der Waals surface area contributed by atoms with Crippen LogP contribution in [0.4, 0.5) is 4.39 Å². The molecule has 4 aromatic heterocycles. The third-order valence-electron chi connectivity index (χ3n) is 5.31. The lowest BCUT2D eigenvalue weighted by atomic mass is 10.0. The summed E-state index contributed by atoms with van der Waals surface area (Å²) >= 11 is 0. The Balaban J connectivity index is 1.68. The third-order valence-corrected chi connectivity index (χ3v) is 5.31. The lowest BCUT2D eigenvalue weighted by Crippen LogP contribution is -2.23. The third kappa shape index (κ3) is 3.50. The number of nitrogens with one attached hydrogen (secondary N) is 2. The van der Waals surface area contributed by atoms with Crippen LogP contribution in [0.5, 0.6) is 0 Å². The van der Waals surface area contributed by atoms with Crippen molar-refractivity contribution < 1.29 is 4.39 Å². The van der Waals surface area contributed by atoms with Gasteiger partial charge >= 0.3 is 0 Å². The number of aromatic amines is 2. The van der Waals surface area contributed by atoms with E-state index in [-0.39, 0.29) is 5.82 Å². The average Bonchev–Trinajstić information content (AvgIpc) is 3.43. The molecular weight excluding hydrogens is 403 g/mol. The van der Waals surface area contributed by atoms with Gasteiger partial charge in [0.25, 0.3) is 0 Å². The van der Waals surface area contributed by atoms with Crippen molar-refractivity contribution in [2.24, 2.45) is 0 Å². The first-order valence-corrected chi connectivity index (χ1v) is 10.0. The molecule has 0 saturated heterocycles. The number of halogens is 1. The number of hydrogen-bond acceptors (Lipinski definition) is 4. The quantitative estimate of drug-likeness (QED) is 0.461. The number of nitrogens with zero attached hydrogens (tertiary/aromatic N) is 4. The maximum absolute atomic E-state index is 13.8. The van der Waals surface area contributed by atoms with Crippen molar-refractivity contribution in [3.63, 3.8) is 0 Å². The molecule has 5 aromatic rings. The highest BCUT2D eigenvalue weighted by molar-refractivity contribution is 5.97. The van der Waals surface area contributed by atoms with Crippen molar-refractivity contribution in [1.82, 2.24) is 30.1 Å². The number of rotatable bonds is 4. The van der Waals surface area contributed by atoms with Gasteiger partial charge in [0, 0.05) is 40.3 Å². The van der Waals surface area contributed by atoms with Gasteiger partial charge in [0.2, 0.25) is 0 Å². The Labute approximate surface area is 182 Å². The van der Waals surface area contributed by atoms with Crippen molar-refractivity contribution in [2.45, 2.75) is 6.92 Å². The number of hydrogen-bond donors (Lipinski definition) is 2. The topological polar surface area (TPSA) is 83.1 Å². The van der Waals surface area contributed by atoms with Crippen LogP contribution in [-0.2, 0) is 0 Å².